The van der Waals surface area contributed by atoms with Crippen molar-refractivity contribution in [1.82, 2.24) is 0 Å². The minimum Gasteiger partial charge on any atom is -0.388 e. The SMILES string of the molecule is CNc1ccc(NC(=O)c2ccccc2)c(S(=O)(=O)O)c1. The van der Waals surface area contributed by atoms with Crippen molar-refractivity contribution in [2.45, 2.75) is 4.90 Å². The molecule has 0 saturated heterocycles. The molecule has 6 nitrogen and oxygen atoms in total. The van der Waals surface area contributed by atoms with E-state index >= 15 is 0 Å². The molecule has 0 bridgehead atoms. The molecule has 0 aliphatic carbocycles. The summed E-state index contributed by atoms with van der Waals surface area (Å²) in [5.74, 6) is -0.460. The Morgan fingerprint density at radius 2 is 1.76 bits per heavy atom. The average Bonchev–Trinajstić information content (AvgIpc) is 2.47. The number of carbonyl (C=O) groups is 1. The molecule has 2 aromatic carbocycles. The zero-order valence-electron chi connectivity index (χ0n) is 11.2. The van der Waals surface area contributed by atoms with E-state index in [1.165, 1.54) is 12.1 Å². The van der Waals surface area contributed by atoms with Gasteiger partial charge in [0, 0.05) is 18.3 Å². The van der Waals surface area contributed by atoms with Gasteiger partial charge in [0.15, 0.2) is 0 Å². The summed E-state index contributed by atoms with van der Waals surface area (Å²) in [5, 5.41) is 5.24. The fourth-order valence-corrected chi connectivity index (χ4v) is 2.45. The van der Waals surface area contributed by atoms with Gasteiger partial charge in [0.05, 0.1) is 5.69 Å². The van der Waals surface area contributed by atoms with Crippen LogP contribution in [0.25, 0.3) is 0 Å². The molecule has 0 aliphatic rings. The Hall–Kier alpha value is -2.38. The summed E-state index contributed by atoms with van der Waals surface area (Å²) in [6.07, 6.45) is 0. The van der Waals surface area contributed by atoms with Gasteiger partial charge in [0.25, 0.3) is 16.0 Å². The molecule has 7 heteroatoms. The highest BCUT2D eigenvalue weighted by atomic mass is 32.2. The molecule has 0 radical (unpaired) electrons. The monoisotopic (exact) mass is 306 g/mol. The molecule has 21 heavy (non-hydrogen) atoms. The predicted octanol–water partition coefficient (Wildman–Crippen LogP) is 2.23. The number of benzene rings is 2. The van der Waals surface area contributed by atoms with Gasteiger partial charge < -0.3 is 10.6 Å². The topological polar surface area (TPSA) is 95.5 Å². The Morgan fingerprint density at radius 1 is 1.10 bits per heavy atom. The van der Waals surface area contributed by atoms with Crippen molar-refractivity contribution in [1.29, 1.82) is 0 Å². The van der Waals surface area contributed by atoms with Crippen LogP contribution in [-0.2, 0) is 10.1 Å². The molecule has 3 N–H and O–H groups in total. The van der Waals surface area contributed by atoms with Crippen molar-refractivity contribution in [2.24, 2.45) is 0 Å². The van der Waals surface area contributed by atoms with E-state index in [0.717, 1.165) is 0 Å². The van der Waals surface area contributed by atoms with E-state index < -0.39 is 16.0 Å². The maximum atomic E-state index is 12.0. The van der Waals surface area contributed by atoms with Crippen molar-refractivity contribution in [2.75, 3.05) is 17.7 Å². The Bertz CT molecular complexity index is 758. The van der Waals surface area contributed by atoms with Crippen molar-refractivity contribution in [3.05, 3.63) is 54.1 Å². The molecular formula is C14H14N2O4S. The molecule has 0 fully saturated rings. The third kappa shape index (κ3) is 3.59. The molecule has 0 spiro atoms. The van der Waals surface area contributed by atoms with Crippen molar-refractivity contribution in [3.8, 4) is 0 Å². The van der Waals surface area contributed by atoms with E-state index in [4.69, 9.17) is 0 Å². The van der Waals surface area contributed by atoms with Gasteiger partial charge in [-0.1, -0.05) is 18.2 Å². The minimum atomic E-state index is -4.45. The molecule has 0 heterocycles. The molecule has 0 unspecified atom stereocenters. The summed E-state index contributed by atoms with van der Waals surface area (Å²) in [4.78, 5) is 11.7. The van der Waals surface area contributed by atoms with E-state index in [9.17, 15) is 17.8 Å². The van der Waals surface area contributed by atoms with Crippen LogP contribution in [0.15, 0.2) is 53.4 Å². The van der Waals surface area contributed by atoms with Gasteiger partial charge in [-0.2, -0.15) is 8.42 Å². The quantitative estimate of drug-likeness (QED) is 0.753. The van der Waals surface area contributed by atoms with Crippen molar-refractivity contribution in [3.63, 3.8) is 0 Å². The first kappa shape index (κ1) is 15.0. The first-order valence-electron chi connectivity index (χ1n) is 6.07. The highest BCUT2D eigenvalue weighted by Gasteiger charge is 2.18. The molecule has 110 valence electrons. The predicted molar refractivity (Wildman–Crippen MR) is 80.2 cm³/mol. The summed E-state index contributed by atoms with van der Waals surface area (Å²) in [7, 11) is -2.83. The van der Waals surface area contributed by atoms with Crippen LogP contribution in [-0.4, -0.2) is 25.9 Å². The zero-order valence-corrected chi connectivity index (χ0v) is 12.0. The summed E-state index contributed by atoms with van der Waals surface area (Å²) >= 11 is 0. The normalized spacial score (nSPS) is 11.0. The van der Waals surface area contributed by atoms with Crippen LogP contribution in [0.3, 0.4) is 0 Å². The standard InChI is InChI=1S/C14H14N2O4S/c1-15-11-7-8-12(13(9-11)21(18,19)20)16-14(17)10-5-3-2-4-6-10/h2-9,15H,1H3,(H,16,17)(H,18,19,20). The molecular weight excluding hydrogens is 292 g/mol. The number of carbonyl (C=O) groups excluding carboxylic acids is 1. The Labute approximate surface area is 122 Å². The second kappa shape index (κ2) is 5.94. The lowest BCUT2D eigenvalue weighted by molar-refractivity contribution is 0.102. The molecule has 2 aromatic rings. The van der Waals surface area contributed by atoms with E-state index in [-0.39, 0.29) is 10.6 Å². The van der Waals surface area contributed by atoms with Crippen LogP contribution in [0, 0.1) is 0 Å². The number of anilines is 2. The summed E-state index contributed by atoms with van der Waals surface area (Å²) in [6.45, 7) is 0. The van der Waals surface area contributed by atoms with Crippen LogP contribution in [0.4, 0.5) is 11.4 Å². The van der Waals surface area contributed by atoms with Crippen LogP contribution in [0.2, 0.25) is 0 Å². The molecule has 1 amide bonds. The Balaban J connectivity index is 2.38. The first-order chi connectivity index (χ1) is 9.91. The van der Waals surface area contributed by atoms with Crippen LogP contribution >= 0.6 is 0 Å². The third-order valence-electron chi connectivity index (χ3n) is 2.83. The maximum Gasteiger partial charge on any atom is 0.296 e. The number of hydrogen-bond acceptors (Lipinski definition) is 4. The number of amides is 1. The van der Waals surface area contributed by atoms with Gasteiger partial charge in [-0.25, -0.2) is 0 Å². The lowest BCUT2D eigenvalue weighted by Gasteiger charge is -2.11. The van der Waals surface area contributed by atoms with Gasteiger partial charge in [-0.05, 0) is 30.3 Å². The van der Waals surface area contributed by atoms with Crippen molar-refractivity contribution < 1.29 is 17.8 Å². The Morgan fingerprint density at radius 3 is 2.33 bits per heavy atom. The second-order valence-electron chi connectivity index (χ2n) is 4.26. The lowest BCUT2D eigenvalue weighted by atomic mass is 10.2. The van der Waals surface area contributed by atoms with Gasteiger partial charge in [0.1, 0.15) is 4.90 Å². The smallest absolute Gasteiger partial charge is 0.296 e. The summed E-state index contributed by atoms with van der Waals surface area (Å²) in [5.41, 5.74) is 0.905. The lowest BCUT2D eigenvalue weighted by Crippen LogP contribution is -2.14. The number of rotatable bonds is 4. The number of hydrogen-bond donors (Lipinski definition) is 3. The largest absolute Gasteiger partial charge is 0.388 e. The van der Waals surface area contributed by atoms with E-state index in [1.807, 2.05) is 0 Å². The molecule has 2 rings (SSSR count). The van der Waals surface area contributed by atoms with Crippen LogP contribution in [0.1, 0.15) is 10.4 Å². The van der Waals surface area contributed by atoms with Gasteiger partial charge in [0.2, 0.25) is 0 Å². The summed E-state index contributed by atoms with van der Waals surface area (Å²) in [6, 6.07) is 12.6. The first-order valence-corrected chi connectivity index (χ1v) is 7.51. The highest BCUT2D eigenvalue weighted by molar-refractivity contribution is 7.86. The summed E-state index contributed by atoms with van der Waals surface area (Å²) < 4.78 is 32.1. The zero-order chi connectivity index (χ0) is 15.5. The maximum absolute atomic E-state index is 12.0. The van der Waals surface area contributed by atoms with E-state index in [1.54, 1.807) is 43.4 Å². The second-order valence-corrected chi connectivity index (χ2v) is 5.65. The van der Waals surface area contributed by atoms with E-state index in [2.05, 4.69) is 10.6 Å². The van der Waals surface area contributed by atoms with Gasteiger partial charge in [-0.3, -0.25) is 9.35 Å². The molecule has 0 atom stereocenters. The van der Waals surface area contributed by atoms with Crippen LogP contribution < -0.4 is 10.6 Å². The number of nitrogens with one attached hydrogen (secondary N) is 2. The van der Waals surface area contributed by atoms with Crippen LogP contribution in [0.5, 0.6) is 0 Å². The molecule has 0 aromatic heterocycles. The fourth-order valence-electron chi connectivity index (χ4n) is 1.78. The van der Waals surface area contributed by atoms with Gasteiger partial charge in [-0.15, -0.1) is 0 Å². The third-order valence-corrected chi connectivity index (χ3v) is 3.73. The molecule has 0 aliphatic heterocycles. The fraction of sp³-hybridized carbons (Fsp3) is 0.0714. The highest BCUT2D eigenvalue weighted by Crippen LogP contribution is 2.25. The van der Waals surface area contributed by atoms with Crippen molar-refractivity contribution >= 4 is 27.4 Å². The minimum absolute atomic E-state index is 0.0188. The van der Waals surface area contributed by atoms with Gasteiger partial charge >= 0.3 is 0 Å². The van der Waals surface area contributed by atoms with E-state index in [0.29, 0.717) is 11.3 Å². The average molecular weight is 306 g/mol. The Kier molecular flexibility index (Phi) is 4.25. The molecule has 0 saturated carbocycles.